The Morgan fingerprint density at radius 3 is 2.63 bits per heavy atom. The van der Waals surface area contributed by atoms with E-state index in [1.54, 1.807) is 4.90 Å². The van der Waals surface area contributed by atoms with Crippen LogP contribution in [0.1, 0.15) is 17.3 Å². The average Bonchev–Trinajstić information content (AvgIpc) is 3.16. The maximum atomic E-state index is 14.0. The quantitative estimate of drug-likeness (QED) is 0.660. The minimum absolute atomic E-state index is 0.0300. The summed E-state index contributed by atoms with van der Waals surface area (Å²) in [6.07, 6.45) is 0. The first-order chi connectivity index (χ1) is 14.4. The van der Waals surface area contributed by atoms with Gasteiger partial charge in [-0.25, -0.2) is 9.37 Å². The smallest absolute Gasteiger partial charge is 0.256 e. The molecule has 0 aliphatic carbocycles. The highest BCUT2D eigenvalue weighted by atomic mass is 35.5. The molecule has 1 aliphatic rings. The molecule has 2 aromatic carbocycles. The third kappa shape index (κ3) is 4.30. The number of nitrogens with zero attached hydrogens (tertiary/aromatic N) is 3. The van der Waals surface area contributed by atoms with Crippen molar-refractivity contribution in [3.8, 4) is 0 Å². The molecule has 0 spiro atoms. The van der Waals surface area contributed by atoms with E-state index >= 15 is 0 Å². The molecule has 1 saturated heterocycles. The first-order valence-corrected chi connectivity index (χ1v) is 10.8. The third-order valence-electron chi connectivity index (χ3n) is 5.21. The number of nitrogens with one attached hydrogen (secondary N) is 1. The summed E-state index contributed by atoms with van der Waals surface area (Å²) in [5.41, 5.74) is 0.823. The highest BCUT2D eigenvalue weighted by Gasteiger charge is 2.29. The number of para-hydroxylation sites is 1. The molecule has 1 aliphatic heterocycles. The van der Waals surface area contributed by atoms with Crippen molar-refractivity contribution in [2.45, 2.75) is 13.0 Å². The lowest BCUT2D eigenvalue weighted by molar-refractivity contribution is -0.121. The summed E-state index contributed by atoms with van der Waals surface area (Å²) in [6.45, 7) is 3.68. The van der Waals surface area contributed by atoms with E-state index in [4.69, 9.17) is 11.6 Å². The van der Waals surface area contributed by atoms with Gasteiger partial charge in [0, 0.05) is 31.2 Å². The second-order valence-corrected chi connectivity index (χ2v) is 8.57. The van der Waals surface area contributed by atoms with Gasteiger partial charge in [0.15, 0.2) is 5.13 Å². The van der Waals surface area contributed by atoms with E-state index in [2.05, 4.69) is 10.3 Å². The maximum Gasteiger partial charge on any atom is 0.256 e. The molecule has 1 fully saturated rings. The Hall–Kier alpha value is -2.55. The number of piperazine rings is 1. The van der Waals surface area contributed by atoms with Gasteiger partial charge in [-0.3, -0.25) is 14.5 Å². The number of rotatable bonds is 4. The number of carbonyl (C=O) groups excluding carboxylic acids is 2. The Balaban J connectivity index is 1.35. The molecular formula is C21H20ClFN4O2S. The summed E-state index contributed by atoms with van der Waals surface area (Å²) in [5, 5.41) is 3.77. The molecule has 1 N–H and O–H groups in total. The molecule has 0 saturated carbocycles. The number of fused-ring (bicyclic) bond motifs is 1. The van der Waals surface area contributed by atoms with Gasteiger partial charge in [0.2, 0.25) is 5.91 Å². The van der Waals surface area contributed by atoms with Crippen LogP contribution >= 0.6 is 22.9 Å². The Kier molecular flexibility index (Phi) is 5.99. The lowest BCUT2D eigenvalue weighted by atomic mass is 10.1. The van der Waals surface area contributed by atoms with E-state index in [1.165, 1.54) is 29.5 Å². The first kappa shape index (κ1) is 20.7. The van der Waals surface area contributed by atoms with Gasteiger partial charge < -0.3 is 10.2 Å². The number of benzene rings is 2. The lowest BCUT2D eigenvalue weighted by Gasteiger charge is -2.37. The molecule has 9 heteroatoms. The number of carbonyl (C=O) groups is 2. The van der Waals surface area contributed by atoms with Crippen molar-refractivity contribution in [1.82, 2.24) is 14.8 Å². The van der Waals surface area contributed by atoms with E-state index in [9.17, 15) is 14.0 Å². The van der Waals surface area contributed by atoms with Crippen molar-refractivity contribution in [2.24, 2.45) is 0 Å². The van der Waals surface area contributed by atoms with Crippen LogP contribution in [0.3, 0.4) is 0 Å². The lowest BCUT2D eigenvalue weighted by Crippen LogP contribution is -2.54. The van der Waals surface area contributed by atoms with Crippen molar-refractivity contribution < 1.29 is 14.0 Å². The van der Waals surface area contributed by atoms with Crippen LogP contribution in [-0.2, 0) is 4.79 Å². The fraction of sp³-hybridized carbons (Fsp3) is 0.286. The number of halogens is 2. The molecule has 30 heavy (non-hydrogen) atoms. The largest absolute Gasteiger partial charge is 0.336 e. The zero-order valence-corrected chi connectivity index (χ0v) is 17.8. The number of hydrogen-bond donors (Lipinski definition) is 1. The highest BCUT2D eigenvalue weighted by molar-refractivity contribution is 7.22. The topological polar surface area (TPSA) is 65.5 Å². The van der Waals surface area contributed by atoms with Crippen LogP contribution in [0.2, 0.25) is 5.02 Å². The predicted molar refractivity (Wildman–Crippen MR) is 117 cm³/mol. The summed E-state index contributed by atoms with van der Waals surface area (Å²) < 4.78 is 15.0. The summed E-state index contributed by atoms with van der Waals surface area (Å²) in [7, 11) is 0. The predicted octanol–water partition coefficient (Wildman–Crippen LogP) is 3.87. The maximum absolute atomic E-state index is 14.0. The minimum Gasteiger partial charge on any atom is -0.336 e. The van der Waals surface area contributed by atoms with Gasteiger partial charge in [0.25, 0.3) is 5.91 Å². The highest BCUT2D eigenvalue weighted by Crippen LogP contribution is 2.26. The second-order valence-electron chi connectivity index (χ2n) is 7.10. The monoisotopic (exact) mass is 446 g/mol. The standard InChI is InChI=1S/C21H20ClFN4O2S/c1-13(19(28)25-21-24-17-4-2-3-5-18(17)30-21)26-8-10-27(11-9-26)20(29)15-12-14(22)6-7-16(15)23/h2-7,12-13H,8-11H2,1H3,(H,24,25,28). The number of aromatic nitrogens is 1. The summed E-state index contributed by atoms with van der Waals surface area (Å²) in [6, 6.07) is 11.3. The van der Waals surface area contributed by atoms with Crippen LogP contribution < -0.4 is 5.32 Å². The molecule has 4 rings (SSSR count). The van der Waals surface area contributed by atoms with Crippen molar-refractivity contribution in [2.75, 3.05) is 31.5 Å². The SMILES string of the molecule is CC(C(=O)Nc1nc2ccccc2s1)N1CCN(C(=O)c2cc(Cl)ccc2F)CC1. The number of anilines is 1. The fourth-order valence-electron chi connectivity index (χ4n) is 3.45. The average molecular weight is 447 g/mol. The van der Waals surface area contributed by atoms with Gasteiger partial charge in [0.05, 0.1) is 21.8 Å². The number of hydrogen-bond acceptors (Lipinski definition) is 5. The van der Waals surface area contributed by atoms with E-state index in [0.29, 0.717) is 36.3 Å². The van der Waals surface area contributed by atoms with Crippen molar-refractivity contribution in [3.63, 3.8) is 0 Å². The van der Waals surface area contributed by atoms with E-state index in [-0.39, 0.29) is 23.4 Å². The Labute approximate surface area is 182 Å². The summed E-state index contributed by atoms with van der Waals surface area (Å²) >= 11 is 7.33. The second kappa shape index (κ2) is 8.67. The fourth-order valence-corrected chi connectivity index (χ4v) is 4.49. The number of thiazole rings is 1. The molecular weight excluding hydrogens is 427 g/mol. The number of amides is 2. The van der Waals surface area contributed by atoms with E-state index in [0.717, 1.165) is 10.2 Å². The molecule has 1 unspecified atom stereocenters. The van der Waals surface area contributed by atoms with Crippen LogP contribution in [0.4, 0.5) is 9.52 Å². The van der Waals surface area contributed by atoms with Crippen LogP contribution in [0.15, 0.2) is 42.5 Å². The summed E-state index contributed by atoms with van der Waals surface area (Å²) in [5.74, 6) is -1.12. The molecule has 6 nitrogen and oxygen atoms in total. The van der Waals surface area contributed by atoms with Gasteiger partial charge >= 0.3 is 0 Å². The molecule has 0 radical (unpaired) electrons. The molecule has 1 aromatic heterocycles. The van der Waals surface area contributed by atoms with Gasteiger partial charge in [0.1, 0.15) is 5.82 Å². The van der Waals surface area contributed by atoms with Gasteiger partial charge in [-0.2, -0.15) is 0 Å². The molecule has 2 amide bonds. The molecule has 0 bridgehead atoms. The van der Waals surface area contributed by atoms with Gasteiger partial charge in [-0.05, 0) is 37.3 Å². The van der Waals surface area contributed by atoms with Gasteiger partial charge in [-0.15, -0.1) is 0 Å². The van der Waals surface area contributed by atoms with E-state index < -0.39 is 5.82 Å². The zero-order valence-electron chi connectivity index (χ0n) is 16.3. The van der Waals surface area contributed by atoms with Crippen LogP contribution in [0, 0.1) is 5.82 Å². The van der Waals surface area contributed by atoms with Crippen molar-refractivity contribution >= 4 is 50.1 Å². The molecule has 1 atom stereocenters. The normalized spacial score (nSPS) is 15.9. The first-order valence-electron chi connectivity index (χ1n) is 9.57. The van der Waals surface area contributed by atoms with Crippen LogP contribution in [0.5, 0.6) is 0 Å². The van der Waals surface area contributed by atoms with Crippen LogP contribution in [0.25, 0.3) is 10.2 Å². The molecule has 156 valence electrons. The Morgan fingerprint density at radius 1 is 1.17 bits per heavy atom. The van der Waals surface area contributed by atoms with Crippen LogP contribution in [-0.4, -0.2) is 58.8 Å². The molecule has 2 heterocycles. The zero-order chi connectivity index (χ0) is 21.3. The minimum atomic E-state index is -0.588. The van der Waals surface area contributed by atoms with E-state index in [1.807, 2.05) is 36.1 Å². The summed E-state index contributed by atoms with van der Waals surface area (Å²) in [4.78, 5) is 33.3. The van der Waals surface area contributed by atoms with Crippen molar-refractivity contribution in [1.29, 1.82) is 0 Å². The molecule has 3 aromatic rings. The third-order valence-corrected chi connectivity index (χ3v) is 6.40. The van der Waals surface area contributed by atoms with Crippen molar-refractivity contribution in [3.05, 3.63) is 58.9 Å². The van der Waals surface area contributed by atoms with Gasteiger partial charge in [-0.1, -0.05) is 35.1 Å². The Bertz CT molecular complexity index is 1060. The Morgan fingerprint density at radius 2 is 1.90 bits per heavy atom.